The Labute approximate surface area is 117 Å². The van der Waals surface area contributed by atoms with Gasteiger partial charge in [-0.2, -0.15) is 0 Å². The summed E-state index contributed by atoms with van der Waals surface area (Å²) in [4.78, 5) is 27.5. The second-order valence-corrected chi connectivity index (χ2v) is 5.51. The van der Waals surface area contributed by atoms with E-state index in [9.17, 15) is 14.0 Å². The zero-order chi connectivity index (χ0) is 14.3. The number of carbonyl (C=O) groups is 2. The summed E-state index contributed by atoms with van der Waals surface area (Å²) in [6.45, 7) is 3.34. The largest absolute Gasteiger partial charge is 0.336 e. The molecule has 5 heteroatoms. The summed E-state index contributed by atoms with van der Waals surface area (Å²) in [6.07, 6.45) is 1.35. The maximum absolute atomic E-state index is 13.9. The summed E-state index contributed by atoms with van der Waals surface area (Å²) in [6, 6.07) is 4.77. The maximum atomic E-state index is 13.9. The Hall–Kier alpha value is -1.91. The summed E-state index contributed by atoms with van der Waals surface area (Å²) in [7, 11) is 0. The van der Waals surface area contributed by atoms with Crippen molar-refractivity contribution < 1.29 is 14.0 Å². The Bertz CT molecular complexity index is 573. The number of carbonyl (C=O) groups excluding carboxylic acids is 2. The molecule has 2 fully saturated rings. The van der Waals surface area contributed by atoms with Gasteiger partial charge >= 0.3 is 0 Å². The van der Waals surface area contributed by atoms with Crippen molar-refractivity contribution in [2.75, 3.05) is 19.6 Å². The molecule has 2 amide bonds. The number of rotatable bonds is 1. The lowest BCUT2D eigenvalue weighted by Gasteiger charge is -2.37. The van der Waals surface area contributed by atoms with Crippen LogP contribution in [0.2, 0.25) is 0 Å². The molecular formula is C15H17FN2O2. The van der Waals surface area contributed by atoms with Gasteiger partial charge in [-0.15, -0.1) is 0 Å². The molecule has 2 aliphatic heterocycles. The van der Waals surface area contributed by atoms with Gasteiger partial charge in [0.15, 0.2) is 0 Å². The van der Waals surface area contributed by atoms with Crippen molar-refractivity contribution in [1.82, 2.24) is 9.80 Å². The number of hydrogen-bond acceptors (Lipinski definition) is 2. The zero-order valence-electron chi connectivity index (χ0n) is 11.4. The second kappa shape index (κ2) is 4.89. The summed E-state index contributed by atoms with van der Waals surface area (Å²) < 4.78 is 13.9. The number of piperazine rings is 1. The van der Waals surface area contributed by atoms with Crippen LogP contribution in [0.1, 0.15) is 28.8 Å². The normalized spacial score (nSPS) is 22.1. The van der Waals surface area contributed by atoms with Gasteiger partial charge in [-0.25, -0.2) is 4.39 Å². The van der Waals surface area contributed by atoms with Crippen molar-refractivity contribution in [3.05, 3.63) is 35.1 Å². The predicted octanol–water partition coefficient (Wildman–Crippen LogP) is 1.58. The topological polar surface area (TPSA) is 40.6 Å². The van der Waals surface area contributed by atoms with Crippen molar-refractivity contribution in [2.24, 2.45) is 0 Å². The average Bonchev–Trinajstić information content (AvgIpc) is 2.79. The van der Waals surface area contributed by atoms with E-state index in [1.807, 2.05) is 4.90 Å². The molecule has 0 N–H and O–H groups in total. The maximum Gasteiger partial charge on any atom is 0.256 e. The Morgan fingerprint density at radius 2 is 2.15 bits per heavy atom. The standard InChI is InChI=1S/C15H17FN2O2/c1-10-2-4-12(13(16)8-10)15(20)17-6-7-18-11(9-17)3-5-14(18)19/h2,4,8,11H,3,5-7,9H2,1H3. The fourth-order valence-electron chi connectivity index (χ4n) is 3.01. The molecule has 1 atom stereocenters. The van der Waals surface area contributed by atoms with Gasteiger partial charge < -0.3 is 9.80 Å². The minimum atomic E-state index is -0.472. The van der Waals surface area contributed by atoms with E-state index in [0.29, 0.717) is 26.1 Å². The second-order valence-electron chi connectivity index (χ2n) is 5.51. The Balaban J connectivity index is 1.77. The van der Waals surface area contributed by atoms with Gasteiger partial charge in [0, 0.05) is 32.1 Å². The van der Waals surface area contributed by atoms with E-state index in [1.54, 1.807) is 24.0 Å². The molecule has 2 saturated heterocycles. The van der Waals surface area contributed by atoms with Crippen LogP contribution >= 0.6 is 0 Å². The smallest absolute Gasteiger partial charge is 0.256 e. The Kier molecular flexibility index (Phi) is 3.20. The molecule has 0 aromatic heterocycles. The molecule has 0 spiro atoms. The van der Waals surface area contributed by atoms with E-state index in [4.69, 9.17) is 0 Å². The van der Waals surface area contributed by atoms with Gasteiger partial charge in [-0.1, -0.05) is 6.07 Å². The van der Waals surface area contributed by atoms with Gasteiger partial charge in [-0.05, 0) is 31.0 Å². The van der Waals surface area contributed by atoms with E-state index >= 15 is 0 Å². The highest BCUT2D eigenvalue weighted by Crippen LogP contribution is 2.24. The van der Waals surface area contributed by atoms with Gasteiger partial charge in [0.2, 0.25) is 5.91 Å². The van der Waals surface area contributed by atoms with Crippen LogP contribution in [-0.4, -0.2) is 47.3 Å². The van der Waals surface area contributed by atoms with Crippen molar-refractivity contribution >= 4 is 11.8 Å². The monoisotopic (exact) mass is 276 g/mol. The summed E-state index contributed by atoms with van der Waals surface area (Å²) in [5.41, 5.74) is 0.915. The van der Waals surface area contributed by atoms with Gasteiger partial charge in [0.05, 0.1) is 5.56 Å². The summed E-state index contributed by atoms with van der Waals surface area (Å²) in [5, 5.41) is 0. The van der Waals surface area contributed by atoms with Gasteiger partial charge in [-0.3, -0.25) is 9.59 Å². The molecule has 0 saturated carbocycles. The fourth-order valence-corrected chi connectivity index (χ4v) is 3.01. The molecule has 2 heterocycles. The first kappa shape index (κ1) is 13.1. The van der Waals surface area contributed by atoms with Gasteiger partial charge in [0.1, 0.15) is 5.82 Å². The molecule has 20 heavy (non-hydrogen) atoms. The zero-order valence-corrected chi connectivity index (χ0v) is 11.4. The van der Waals surface area contributed by atoms with Crippen LogP contribution < -0.4 is 0 Å². The minimum Gasteiger partial charge on any atom is -0.336 e. The van der Waals surface area contributed by atoms with Crippen LogP contribution in [-0.2, 0) is 4.79 Å². The van der Waals surface area contributed by atoms with Crippen LogP contribution in [0.3, 0.4) is 0 Å². The molecule has 0 radical (unpaired) electrons. The van der Waals surface area contributed by atoms with Crippen LogP contribution in [0, 0.1) is 12.7 Å². The first-order valence-electron chi connectivity index (χ1n) is 6.91. The third-order valence-corrected chi connectivity index (χ3v) is 4.14. The average molecular weight is 276 g/mol. The van der Waals surface area contributed by atoms with E-state index < -0.39 is 5.82 Å². The number of nitrogens with zero attached hydrogens (tertiary/aromatic N) is 2. The summed E-state index contributed by atoms with van der Waals surface area (Å²) >= 11 is 0. The number of fused-ring (bicyclic) bond motifs is 1. The number of aryl methyl sites for hydroxylation is 1. The highest BCUT2D eigenvalue weighted by molar-refractivity contribution is 5.95. The predicted molar refractivity (Wildman–Crippen MR) is 71.8 cm³/mol. The molecule has 3 rings (SSSR count). The summed E-state index contributed by atoms with van der Waals surface area (Å²) in [5.74, 6) is -0.579. The molecule has 106 valence electrons. The lowest BCUT2D eigenvalue weighted by Crippen LogP contribution is -2.53. The van der Waals surface area contributed by atoms with Gasteiger partial charge in [0.25, 0.3) is 5.91 Å². The lowest BCUT2D eigenvalue weighted by molar-refractivity contribution is -0.130. The highest BCUT2D eigenvalue weighted by Gasteiger charge is 2.37. The van der Waals surface area contributed by atoms with E-state index in [2.05, 4.69) is 0 Å². The molecule has 1 unspecified atom stereocenters. The SMILES string of the molecule is Cc1ccc(C(=O)N2CCN3C(=O)CCC3C2)c(F)c1. The number of hydrogen-bond donors (Lipinski definition) is 0. The highest BCUT2D eigenvalue weighted by atomic mass is 19.1. The minimum absolute atomic E-state index is 0.105. The van der Waals surface area contributed by atoms with Crippen LogP contribution in [0.15, 0.2) is 18.2 Å². The quantitative estimate of drug-likeness (QED) is 0.781. The number of amides is 2. The number of benzene rings is 1. The fraction of sp³-hybridized carbons (Fsp3) is 0.467. The molecular weight excluding hydrogens is 259 g/mol. The van der Waals surface area contributed by atoms with Crippen molar-refractivity contribution in [3.8, 4) is 0 Å². The van der Waals surface area contributed by atoms with Crippen LogP contribution in [0.4, 0.5) is 4.39 Å². The van der Waals surface area contributed by atoms with Crippen LogP contribution in [0.5, 0.6) is 0 Å². The molecule has 2 aliphatic rings. The first-order valence-corrected chi connectivity index (χ1v) is 6.91. The molecule has 0 bridgehead atoms. The third-order valence-electron chi connectivity index (χ3n) is 4.14. The molecule has 0 aliphatic carbocycles. The number of halogens is 1. The van der Waals surface area contributed by atoms with Crippen molar-refractivity contribution in [1.29, 1.82) is 0 Å². The lowest BCUT2D eigenvalue weighted by atomic mass is 10.1. The first-order chi connectivity index (χ1) is 9.56. The van der Waals surface area contributed by atoms with E-state index in [1.165, 1.54) is 6.07 Å². The van der Waals surface area contributed by atoms with E-state index in [0.717, 1.165) is 12.0 Å². The molecule has 1 aromatic rings. The van der Waals surface area contributed by atoms with Crippen molar-refractivity contribution in [3.63, 3.8) is 0 Å². The Morgan fingerprint density at radius 1 is 1.35 bits per heavy atom. The molecule has 4 nitrogen and oxygen atoms in total. The molecule has 1 aromatic carbocycles. The Morgan fingerprint density at radius 3 is 2.90 bits per heavy atom. The van der Waals surface area contributed by atoms with Crippen LogP contribution in [0.25, 0.3) is 0 Å². The van der Waals surface area contributed by atoms with E-state index in [-0.39, 0.29) is 23.4 Å². The van der Waals surface area contributed by atoms with Crippen molar-refractivity contribution in [2.45, 2.75) is 25.8 Å². The third kappa shape index (κ3) is 2.17.